The van der Waals surface area contributed by atoms with Gasteiger partial charge in [0.15, 0.2) is 0 Å². The highest BCUT2D eigenvalue weighted by Gasteiger charge is 2.07. The molecule has 2 aromatic rings. The monoisotopic (exact) mass is 225 g/mol. The maximum absolute atomic E-state index is 6.25. The van der Waals surface area contributed by atoms with E-state index in [9.17, 15) is 0 Å². The van der Waals surface area contributed by atoms with Gasteiger partial charge in [0, 0.05) is 6.04 Å². The number of benzene rings is 2. The molecule has 0 fully saturated rings. The van der Waals surface area contributed by atoms with E-state index in [-0.39, 0.29) is 6.04 Å². The molecule has 0 aliphatic heterocycles. The lowest BCUT2D eigenvalue weighted by atomic mass is 9.98. The van der Waals surface area contributed by atoms with E-state index in [1.54, 1.807) is 0 Å². The maximum atomic E-state index is 6.25. The minimum atomic E-state index is 0.0803. The quantitative estimate of drug-likeness (QED) is 0.849. The fraction of sp³-hybridized carbons (Fsp3) is 0.250. The molecule has 0 unspecified atom stereocenters. The van der Waals surface area contributed by atoms with Crippen LogP contribution in [0.15, 0.2) is 48.5 Å². The molecular formula is C16H19N. The number of rotatable bonds is 3. The standard InChI is InChI=1S/C16H19N/c1-12-5-3-7-14(9-12)11-16(17)15-8-4-6-13(2)10-15/h3-10,16H,11,17H2,1-2H3/t16-/m0/s1. The van der Waals surface area contributed by atoms with Crippen LogP contribution in [0.3, 0.4) is 0 Å². The summed E-state index contributed by atoms with van der Waals surface area (Å²) >= 11 is 0. The molecule has 0 spiro atoms. The topological polar surface area (TPSA) is 26.0 Å². The van der Waals surface area contributed by atoms with Gasteiger partial charge >= 0.3 is 0 Å². The van der Waals surface area contributed by atoms with Crippen molar-refractivity contribution in [1.29, 1.82) is 0 Å². The molecule has 0 radical (unpaired) electrons. The molecule has 0 amide bonds. The highest BCUT2D eigenvalue weighted by molar-refractivity contribution is 5.28. The van der Waals surface area contributed by atoms with E-state index < -0.39 is 0 Å². The fourth-order valence-electron chi connectivity index (χ4n) is 2.11. The average Bonchev–Trinajstić information content (AvgIpc) is 2.29. The van der Waals surface area contributed by atoms with Crippen molar-refractivity contribution in [2.75, 3.05) is 0 Å². The van der Waals surface area contributed by atoms with Gasteiger partial charge in [0.1, 0.15) is 0 Å². The van der Waals surface area contributed by atoms with E-state index in [0.717, 1.165) is 6.42 Å². The van der Waals surface area contributed by atoms with Crippen LogP contribution in [0.4, 0.5) is 0 Å². The molecule has 0 aliphatic rings. The van der Waals surface area contributed by atoms with Crippen LogP contribution >= 0.6 is 0 Å². The van der Waals surface area contributed by atoms with E-state index in [1.165, 1.54) is 22.3 Å². The Morgan fingerprint density at radius 1 is 0.941 bits per heavy atom. The van der Waals surface area contributed by atoms with Gasteiger partial charge in [-0.3, -0.25) is 0 Å². The zero-order valence-corrected chi connectivity index (χ0v) is 10.5. The van der Waals surface area contributed by atoms with Crippen LogP contribution in [-0.2, 0) is 6.42 Å². The summed E-state index contributed by atoms with van der Waals surface area (Å²) in [6.45, 7) is 4.21. The van der Waals surface area contributed by atoms with Crippen LogP contribution in [0.2, 0.25) is 0 Å². The summed E-state index contributed by atoms with van der Waals surface area (Å²) < 4.78 is 0. The lowest BCUT2D eigenvalue weighted by Gasteiger charge is -2.13. The van der Waals surface area contributed by atoms with Gasteiger partial charge in [-0.1, -0.05) is 59.7 Å². The van der Waals surface area contributed by atoms with Crippen molar-refractivity contribution in [3.05, 3.63) is 70.8 Å². The first kappa shape index (κ1) is 11.9. The molecule has 0 aromatic heterocycles. The Bertz CT molecular complexity index is 502. The molecule has 0 aliphatic carbocycles. The van der Waals surface area contributed by atoms with Gasteiger partial charge in [-0.2, -0.15) is 0 Å². The Balaban J connectivity index is 2.14. The van der Waals surface area contributed by atoms with Crippen molar-refractivity contribution >= 4 is 0 Å². The average molecular weight is 225 g/mol. The van der Waals surface area contributed by atoms with Gasteiger partial charge in [-0.15, -0.1) is 0 Å². The Kier molecular flexibility index (Phi) is 3.60. The minimum Gasteiger partial charge on any atom is -0.324 e. The Hall–Kier alpha value is -1.60. The molecule has 2 rings (SSSR count). The molecule has 2 aromatic carbocycles. The molecule has 2 N–H and O–H groups in total. The Labute approximate surface area is 103 Å². The third-order valence-corrected chi connectivity index (χ3v) is 3.01. The van der Waals surface area contributed by atoms with Crippen LogP contribution in [0.5, 0.6) is 0 Å². The molecule has 88 valence electrons. The smallest absolute Gasteiger partial charge is 0.0335 e. The Morgan fingerprint density at radius 3 is 2.24 bits per heavy atom. The third-order valence-electron chi connectivity index (χ3n) is 3.01. The number of hydrogen-bond donors (Lipinski definition) is 1. The third kappa shape index (κ3) is 3.18. The zero-order chi connectivity index (χ0) is 12.3. The van der Waals surface area contributed by atoms with E-state index >= 15 is 0 Å². The predicted octanol–water partition coefficient (Wildman–Crippen LogP) is 3.55. The molecule has 1 atom stereocenters. The van der Waals surface area contributed by atoms with Crippen LogP contribution < -0.4 is 5.73 Å². The first-order valence-electron chi connectivity index (χ1n) is 6.03. The summed E-state index contributed by atoms with van der Waals surface area (Å²) in [4.78, 5) is 0. The summed E-state index contributed by atoms with van der Waals surface area (Å²) in [5.74, 6) is 0. The van der Waals surface area contributed by atoms with Crippen LogP contribution in [0.25, 0.3) is 0 Å². The first-order valence-corrected chi connectivity index (χ1v) is 6.03. The number of aryl methyl sites for hydroxylation is 2. The van der Waals surface area contributed by atoms with E-state index in [0.29, 0.717) is 0 Å². The molecular weight excluding hydrogens is 206 g/mol. The summed E-state index contributed by atoms with van der Waals surface area (Å²) in [6, 6.07) is 17.1. The molecule has 0 saturated carbocycles. The summed E-state index contributed by atoms with van der Waals surface area (Å²) in [5.41, 5.74) is 11.3. The van der Waals surface area contributed by atoms with Crippen molar-refractivity contribution in [3.8, 4) is 0 Å². The SMILES string of the molecule is Cc1cccc(C[C@H](N)c2cccc(C)c2)c1. The minimum absolute atomic E-state index is 0.0803. The van der Waals surface area contributed by atoms with Crippen molar-refractivity contribution in [1.82, 2.24) is 0 Å². The highest BCUT2D eigenvalue weighted by atomic mass is 14.6. The fourth-order valence-corrected chi connectivity index (χ4v) is 2.11. The van der Waals surface area contributed by atoms with Gasteiger partial charge in [-0.05, 0) is 31.4 Å². The van der Waals surface area contributed by atoms with Crippen LogP contribution in [-0.4, -0.2) is 0 Å². The molecule has 0 heterocycles. The molecule has 0 saturated heterocycles. The van der Waals surface area contributed by atoms with Crippen molar-refractivity contribution < 1.29 is 0 Å². The van der Waals surface area contributed by atoms with Crippen LogP contribution in [0, 0.1) is 13.8 Å². The van der Waals surface area contributed by atoms with E-state index in [2.05, 4.69) is 62.4 Å². The summed E-state index contributed by atoms with van der Waals surface area (Å²) in [5, 5.41) is 0. The summed E-state index contributed by atoms with van der Waals surface area (Å²) in [7, 11) is 0. The Morgan fingerprint density at radius 2 is 1.59 bits per heavy atom. The van der Waals surface area contributed by atoms with Crippen molar-refractivity contribution in [3.63, 3.8) is 0 Å². The van der Waals surface area contributed by atoms with Crippen molar-refractivity contribution in [2.45, 2.75) is 26.3 Å². The van der Waals surface area contributed by atoms with E-state index in [4.69, 9.17) is 5.73 Å². The van der Waals surface area contributed by atoms with Gasteiger partial charge in [0.05, 0.1) is 0 Å². The maximum Gasteiger partial charge on any atom is 0.0335 e. The number of nitrogens with two attached hydrogens (primary N) is 1. The molecule has 1 heteroatoms. The van der Waals surface area contributed by atoms with Gasteiger partial charge in [0.2, 0.25) is 0 Å². The lowest BCUT2D eigenvalue weighted by Crippen LogP contribution is -2.13. The molecule has 17 heavy (non-hydrogen) atoms. The highest BCUT2D eigenvalue weighted by Crippen LogP contribution is 2.17. The first-order chi connectivity index (χ1) is 8.15. The largest absolute Gasteiger partial charge is 0.324 e. The van der Waals surface area contributed by atoms with E-state index in [1.807, 2.05) is 0 Å². The van der Waals surface area contributed by atoms with Crippen molar-refractivity contribution in [2.24, 2.45) is 5.73 Å². The second-order valence-corrected chi connectivity index (χ2v) is 4.71. The predicted molar refractivity (Wildman–Crippen MR) is 73.0 cm³/mol. The second-order valence-electron chi connectivity index (χ2n) is 4.71. The normalized spacial score (nSPS) is 12.4. The number of hydrogen-bond acceptors (Lipinski definition) is 1. The van der Waals surface area contributed by atoms with Crippen LogP contribution in [0.1, 0.15) is 28.3 Å². The van der Waals surface area contributed by atoms with Gasteiger partial charge in [-0.25, -0.2) is 0 Å². The van der Waals surface area contributed by atoms with Gasteiger partial charge in [0.25, 0.3) is 0 Å². The zero-order valence-electron chi connectivity index (χ0n) is 10.5. The second kappa shape index (κ2) is 5.15. The van der Waals surface area contributed by atoms with Gasteiger partial charge < -0.3 is 5.73 Å². The molecule has 0 bridgehead atoms. The lowest BCUT2D eigenvalue weighted by molar-refractivity contribution is 0.721. The molecule has 1 nitrogen and oxygen atoms in total. The summed E-state index contributed by atoms with van der Waals surface area (Å²) in [6.07, 6.45) is 0.894.